The van der Waals surface area contributed by atoms with E-state index in [0.29, 0.717) is 14.7 Å². The van der Waals surface area contributed by atoms with Crippen LogP contribution in [0.15, 0.2) is 47.0 Å². The van der Waals surface area contributed by atoms with Crippen LogP contribution in [0.2, 0.25) is 0 Å². The van der Waals surface area contributed by atoms with Crippen LogP contribution in [0.1, 0.15) is 5.56 Å². The van der Waals surface area contributed by atoms with Crippen LogP contribution in [0.4, 0.5) is 0 Å². The molecule has 0 radical (unpaired) electrons. The molecule has 25 heavy (non-hydrogen) atoms. The van der Waals surface area contributed by atoms with E-state index in [1.54, 1.807) is 6.92 Å². The van der Waals surface area contributed by atoms with Gasteiger partial charge < -0.3 is 0 Å². The molecule has 0 spiro atoms. The highest BCUT2D eigenvalue weighted by Gasteiger charge is 2.12. The second-order valence-corrected chi connectivity index (χ2v) is 5.02. The quantitative estimate of drug-likeness (QED) is 0.385. The number of aromatic nitrogens is 6. The lowest BCUT2D eigenvalue weighted by Crippen LogP contribution is -2.43. The van der Waals surface area contributed by atoms with Gasteiger partial charge in [0, 0.05) is 0 Å². The minimum Gasteiger partial charge on any atom is -0.258 e. The maximum Gasteiger partial charge on any atom is 0.338 e. The third kappa shape index (κ3) is 2.71. The summed E-state index contributed by atoms with van der Waals surface area (Å²) in [6.07, 6.45) is 0. The van der Waals surface area contributed by atoms with Crippen molar-refractivity contribution in [3.63, 3.8) is 0 Å². The Kier molecular flexibility index (Phi) is 3.56. The van der Waals surface area contributed by atoms with Crippen LogP contribution in [0, 0.1) is 6.92 Å². The SMILES string of the molecule is Cc1ccc(-n2c(=O)[nH]c(=O)[nH]c2=O)cc1-n1c(=O)[nH]c(=O)[nH]c1=O. The summed E-state index contributed by atoms with van der Waals surface area (Å²) >= 11 is 0. The van der Waals surface area contributed by atoms with E-state index >= 15 is 0 Å². The topological polar surface area (TPSA) is 175 Å². The highest BCUT2D eigenvalue weighted by Crippen LogP contribution is 2.14. The Morgan fingerprint density at radius 2 is 1.12 bits per heavy atom. The third-order valence-electron chi connectivity index (χ3n) is 3.39. The molecule has 2 aromatic heterocycles. The molecule has 0 aliphatic rings. The first-order valence-corrected chi connectivity index (χ1v) is 6.80. The van der Waals surface area contributed by atoms with E-state index in [2.05, 4.69) is 0 Å². The number of nitrogens with zero attached hydrogens (tertiary/aromatic N) is 2. The van der Waals surface area contributed by atoms with Gasteiger partial charge in [-0.05, 0) is 24.6 Å². The Bertz CT molecular complexity index is 1260. The standard InChI is InChI=1S/C13H10N6O6/c1-5-2-3-6(18-10(22)14-8(20)15-11(18)23)4-7(5)19-12(24)16-9(21)17-13(19)25/h2-4H,1H3,(H2,14,15,20,22,23)(H2,16,17,21,24,25). The molecule has 0 fully saturated rings. The molecule has 0 amide bonds. The first-order valence-electron chi connectivity index (χ1n) is 6.80. The van der Waals surface area contributed by atoms with Gasteiger partial charge in [-0.25, -0.2) is 37.9 Å². The number of hydrogen-bond acceptors (Lipinski definition) is 6. The summed E-state index contributed by atoms with van der Waals surface area (Å²) in [5.41, 5.74) is -5.40. The van der Waals surface area contributed by atoms with Crippen molar-refractivity contribution in [1.82, 2.24) is 29.1 Å². The molecule has 12 heteroatoms. The van der Waals surface area contributed by atoms with Crippen molar-refractivity contribution in [2.75, 3.05) is 0 Å². The van der Waals surface area contributed by atoms with E-state index in [1.807, 2.05) is 19.9 Å². The summed E-state index contributed by atoms with van der Waals surface area (Å²) in [5, 5.41) is 0. The molecule has 128 valence electrons. The summed E-state index contributed by atoms with van der Waals surface area (Å²) < 4.78 is 1.26. The van der Waals surface area contributed by atoms with E-state index < -0.39 is 34.1 Å². The second-order valence-electron chi connectivity index (χ2n) is 5.02. The van der Waals surface area contributed by atoms with Crippen LogP contribution in [0.3, 0.4) is 0 Å². The normalized spacial score (nSPS) is 10.8. The average Bonchev–Trinajstić information content (AvgIpc) is 2.48. The van der Waals surface area contributed by atoms with Crippen molar-refractivity contribution in [2.45, 2.75) is 6.92 Å². The van der Waals surface area contributed by atoms with Crippen LogP contribution in [-0.2, 0) is 0 Å². The second kappa shape index (κ2) is 5.59. The van der Waals surface area contributed by atoms with E-state index in [1.165, 1.54) is 18.2 Å². The van der Waals surface area contributed by atoms with Gasteiger partial charge in [-0.1, -0.05) is 6.07 Å². The summed E-state index contributed by atoms with van der Waals surface area (Å²) in [5.74, 6) is 0. The van der Waals surface area contributed by atoms with Gasteiger partial charge in [-0.3, -0.25) is 19.9 Å². The molecule has 0 unspecified atom stereocenters. The highest BCUT2D eigenvalue weighted by molar-refractivity contribution is 5.48. The largest absolute Gasteiger partial charge is 0.338 e. The zero-order valence-corrected chi connectivity index (χ0v) is 12.6. The fourth-order valence-electron chi connectivity index (χ4n) is 2.29. The molecular weight excluding hydrogens is 336 g/mol. The van der Waals surface area contributed by atoms with Gasteiger partial charge in [-0.2, -0.15) is 0 Å². The molecule has 0 saturated heterocycles. The number of hydrogen-bond donors (Lipinski definition) is 4. The zero-order chi connectivity index (χ0) is 18.3. The molecule has 3 aromatic rings. The third-order valence-corrected chi connectivity index (χ3v) is 3.39. The number of nitrogens with one attached hydrogen (secondary N) is 4. The van der Waals surface area contributed by atoms with Crippen molar-refractivity contribution in [1.29, 1.82) is 0 Å². The predicted molar refractivity (Wildman–Crippen MR) is 84.9 cm³/mol. The number of rotatable bonds is 2. The lowest BCUT2D eigenvalue weighted by Gasteiger charge is -2.10. The number of benzene rings is 1. The fourth-order valence-corrected chi connectivity index (χ4v) is 2.29. The minimum atomic E-state index is -0.994. The highest BCUT2D eigenvalue weighted by atomic mass is 16.2. The first kappa shape index (κ1) is 15.9. The van der Waals surface area contributed by atoms with E-state index in [-0.39, 0.29) is 11.4 Å². The molecule has 3 rings (SSSR count). The van der Waals surface area contributed by atoms with Gasteiger partial charge >= 0.3 is 34.1 Å². The monoisotopic (exact) mass is 346 g/mol. The van der Waals surface area contributed by atoms with Gasteiger partial charge in [0.1, 0.15) is 0 Å². The Morgan fingerprint density at radius 1 is 0.680 bits per heavy atom. The van der Waals surface area contributed by atoms with E-state index in [9.17, 15) is 28.8 Å². The molecule has 0 atom stereocenters. The smallest absolute Gasteiger partial charge is 0.258 e. The van der Waals surface area contributed by atoms with Crippen LogP contribution >= 0.6 is 0 Å². The Hall–Kier alpha value is -3.96. The molecule has 2 heterocycles. The first-order chi connectivity index (χ1) is 11.8. The Morgan fingerprint density at radius 3 is 1.60 bits per heavy atom. The van der Waals surface area contributed by atoms with Crippen molar-refractivity contribution < 1.29 is 0 Å². The summed E-state index contributed by atoms with van der Waals surface area (Å²) in [6.45, 7) is 1.58. The van der Waals surface area contributed by atoms with Crippen molar-refractivity contribution in [2.24, 2.45) is 0 Å². The molecule has 0 bridgehead atoms. The lowest BCUT2D eigenvalue weighted by atomic mass is 10.1. The van der Waals surface area contributed by atoms with Crippen LogP contribution in [0.5, 0.6) is 0 Å². The molecule has 0 aliphatic heterocycles. The van der Waals surface area contributed by atoms with Gasteiger partial charge in [0.2, 0.25) is 0 Å². The summed E-state index contributed by atoms with van der Waals surface area (Å²) in [4.78, 5) is 77.5. The number of aryl methyl sites for hydroxylation is 1. The van der Waals surface area contributed by atoms with Gasteiger partial charge in [0.15, 0.2) is 0 Å². The zero-order valence-electron chi connectivity index (χ0n) is 12.6. The summed E-state index contributed by atoms with van der Waals surface area (Å²) in [7, 11) is 0. The molecule has 0 saturated carbocycles. The predicted octanol–water partition coefficient (Wildman–Crippen LogP) is -2.95. The average molecular weight is 346 g/mol. The molecular formula is C13H10N6O6. The van der Waals surface area contributed by atoms with Crippen LogP contribution < -0.4 is 34.1 Å². The van der Waals surface area contributed by atoms with Gasteiger partial charge in [-0.15, -0.1) is 0 Å². The van der Waals surface area contributed by atoms with Crippen molar-refractivity contribution in [3.8, 4) is 11.4 Å². The van der Waals surface area contributed by atoms with E-state index in [4.69, 9.17) is 0 Å². The lowest BCUT2D eigenvalue weighted by molar-refractivity contribution is 0.768. The van der Waals surface area contributed by atoms with Gasteiger partial charge in [0.25, 0.3) is 0 Å². The molecule has 12 nitrogen and oxygen atoms in total. The maximum absolute atomic E-state index is 11.9. The Labute approximate surface area is 135 Å². The van der Waals surface area contributed by atoms with Crippen LogP contribution in [0.25, 0.3) is 11.4 Å². The van der Waals surface area contributed by atoms with Crippen molar-refractivity contribution >= 4 is 0 Å². The van der Waals surface area contributed by atoms with Crippen LogP contribution in [-0.4, -0.2) is 29.1 Å². The molecule has 4 N–H and O–H groups in total. The Balaban J connectivity index is 2.37. The fraction of sp³-hybridized carbons (Fsp3) is 0.0769. The maximum atomic E-state index is 11.9. The van der Waals surface area contributed by atoms with Crippen molar-refractivity contribution in [3.05, 3.63) is 86.7 Å². The number of H-pyrrole nitrogens is 4. The van der Waals surface area contributed by atoms with E-state index in [0.717, 1.165) is 0 Å². The number of aromatic amines is 4. The van der Waals surface area contributed by atoms with Gasteiger partial charge in [0.05, 0.1) is 11.4 Å². The minimum absolute atomic E-state index is 0.000556. The summed E-state index contributed by atoms with van der Waals surface area (Å²) in [6, 6.07) is 4.07. The molecule has 0 aliphatic carbocycles. The molecule has 1 aromatic carbocycles.